The first-order chi connectivity index (χ1) is 10.5. The van der Waals surface area contributed by atoms with Gasteiger partial charge >= 0.3 is 5.69 Å². The number of hydrogen-bond donors (Lipinski definition) is 1. The third kappa shape index (κ3) is 2.24. The average Bonchev–Trinajstić information content (AvgIpc) is 2.48. The van der Waals surface area contributed by atoms with Crippen LogP contribution in [0.2, 0.25) is 0 Å². The first kappa shape index (κ1) is 14.3. The summed E-state index contributed by atoms with van der Waals surface area (Å²) in [4.78, 5) is 31.1. The van der Waals surface area contributed by atoms with Gasteiger partial charge in [0, 0.05) is 5.69 Å². The number of aromatic amines is 1. The maximum atomic E-state index is 12.4. The third-order valence-electron chi connectivity index (χ3n) is 3.73. The standard InChI is InChI=1S/C17H17N3O2/c1-10(2)12-6-4-5-7-14(12)20-15-9-18-11(3)8-13(15)16(21)19-17(20)22/h4-10H,1-3H3,(H,19,21,22). The first-order valence-electron chi connectivity index (χ1n) is 7.20. The van der Waals surface area contributed by atoms with Crippen molar-refractivity contribution in [3.63, 3.8) is 0 Å². The van der Waals surface area contributed by atoms with E-state index in [0.717, 1.165) is 16.9 Å². The molecule has 0 saturated heterocycles. The minimum Gasteiger partial charge on any atom is -0.273 e. The van der Waals surface area contributed by atoms with Crippen molar-refractivity contribution in [3.05, 3.63) is 68.6 Å². The van der Waals surface area contributed by atoms with Gasteiger partial charge in [0.2, 0.25) is 0 Å². The van der Waals surface area contributed by atoms with Crippen LogP contribution in [-0.4, -0.2) is 14.5 Å². The van der Waals surface area contributed by atoms with Crippen molar-refractivity contribution < 1.29 is 0 Å². The molecule has 0 aliphatic carbocycles. The fourth-order valence-corrected chi connectivity index (χ4v) is 2.66. The van der Waals surface area contributed by atoms with E-state index in [4.69, 9.17) is 0 Å². The molecule has 0 fully saturated rings. The molecule has 0 unspecified atom stereocenters. The number of nitrogens with one attached hydrogen (secondary N) is 1. The molecular formula is C17H17N3O2. The summed E-state index contributed by atoms with van der Waals surface area (Å²) in [6, 6.07) is 9.40. The van der Waals surface area contributed by atoms with Crippen LogP contribution in [0.1, 0.15) is 31.0 Å². The Bertz CT molecular complexity index is 968. The van der Waals surface area contributed by atoms with Crippen molar-refractivity contribution >= 4 is 10.9 Å². The van der Waals surface area contributed by atoms with Crippen LogP contribution in [0.5, 0.6) is 0 Å². The summed E-state index contributed by atoms with van der Waals surface area (Å²) < 4.78 is 1.53. The van der Waals surface area contributed by atoms with Gasteiger partial charge in [-0.25, -0.2) is 4.79 Å². The SMILES string of the molecule is Cc1cc2c(=O)[nH]c(=O)n(-c3ccccc3C(C)C)c2cn1. The Morgan fingerprint density at radius 3 is 2.64 bits per heavy atom. The van der Waals surface area contributed by atoms with Gasteiger partial charge in [-0.05, 0) is 30.5 Å². The van der Waals surface area contributed by atoms with Gasteiger partial charge in [0.1, 0.15) is 0 Å². The van der Waals surface area contributed by atoms with Gasteiger partial charge in [-0.3, -0.25) is 19.3 Å². The summed E-state index contributed by atoms with van der Waals surface area (Å²) in [5, 5.41) is 0.464. The lowest BCUT2D eigenvalue weighted by Gasteiger charge is -2.16. The number of fused-ring (bicyclic) bond motifs is 1. The summed E-state index contributed by atoms with van der Waals surface area (Å²) in [5.74, 6) is 0.253. The summed E-state index contributed by atoms with van der Waals surface area (Å²) in [5.41, 5.74) is 2.24. The predicted molar refractivity (Wildman–Crippen MR) is 86.8 cm³/mol. The number of H-pyrrole nitrogens is 1. The van der Waals surface area contributed by atoms with Crippen molar-refractivity contribution in [2.24, 2.45) is 0 Å². The molecule has 2 aromatic heterocycles. The highest BCUT2D eigenvalue weighted by atomic mass is 16.2. The second-order valence-electron chi connectivity index (χ2n) is 5.65. The third-order valence-corrected chi connectivity index (χ3v) is 3.73. The maximum absolute atomic E-state index is 12.4. The maximum Gasteiger partial charge on any atom is 0.333 e. The monoisotopic (exact) mass is 295 g/mol. The Hall–Kier alpha value is -2.69. The van der Waals surface area contributed by atoms with Crippen LogP contribution in [0, 0.1) is 6.92 Å². The lowest BCUT2D eigenvalue weighted by molar-refractivity contribution is 0.834. The molecule has 1 aromatic carbocycles. The zero-order valence-electron chi connectivity index (χ0n) is 12.8. The van der Waals surface area contributed by atoms with Gasteiger partial charge in [-0.2, -0.15) is 0 Å². The van der Waals surface area contributed by atoms with Crippen molar-refractivity contribution in [1.82, 2.24) is 14.5 Å². The minimum atomic E-state index is -0.448. The Kier molecular flexibility index (Phi) is 3.41. The van der Waals surface area contributed by atoms with Crippen LogP contribution < -0.4 is 11.2 Å². The highest BCUT2D eigenvalue weighted by molar-refractivity contribution is 5.79. The van der Waals surface area contributed by atoms with E-state index in [1.807, 2.05) is 31.2 Å². The quantitative estimate of drug-likeness (QED) is 0.790. The second-order valence-corrected chi connectivity index (χ2v) is 5.65. The van der Waals surface area contributed by atoms with E-state index >= 15 is 0 Å². The van der Waals surface area contributed by atoms with Crippen molar-refractivity contribution in [1.29, 1.82) is 0 Å². The molecule has 0 spiro atoms. The summed E-state index contributed by atoms with van der Waals surface area (Å²) in [7, 11) is 0. The molecule has 3 rings (SSSR count). The zero-order valence-corrected chi connectivity index (χ0v) is 12.8. The number of nitrogens with zero attached hydrogens (tertiary/aromatic N) is 2. The van der Waals surface area contributed by atoms with Crippen molar-refractivity contribution in [2.45, 2.75) is 26.7 Å². The number of benzene rings is 1. The number of rotatable bonds is 2. The molecule has 0 bridgehead atoms. The van der Waals surface area contributed by atoms with Gasteiger partial charge in [-0.1, -0.05) is 32.0 Å². The predicted octanol–water partition coefficient (Wildman–Crippen LogP) is 2.51. The number of pyridine rings is 1. The van der Waals surface area contributed by atoms with Crippen LogP contribution >= 0.6 is 0 Å². The van der Waals surface area contributed by atoms with E-state index in [1.54, 1.807) is 12.3 Å². The average molecular weight is 295 g/mol. The Labute approximate surface area is 127 Å². The van der Waals surface area contributed by atoms with E-state index in [0.29, 0.717) is 10.9 Å². The van der Waals surface area contributed by atoms with Crippen molar-refractivity contribution in [2.75, 3.05) is 0 Å². The smallest absolute Gasteiger partial charge is 0.273 e. The first-order valence-corrected chi connectivity index (χ1v) is 7.20. The molecule has 22 heavy (non-hydrogen) atoms. The highest BCUT2D eigenvalue weighted by Gasteiger charge is 2.14. The largest absolute Gasteiger partial charge is 0.333 e. The molecule has 0 amide bonds. The molecule has 0 aliphatic rings. The van der Waals surface area contributed by atoms with Crippen LogP contribution in [0.15, 0.2) is 46.1 Å². The van der Waals surface area contributed by atoms with Gasteiger partial charge in [0.05, 0.1) is 22.8 Å². The summed E-state index contributed by atoms with van der Waals surface area (Å²) in [6.07, 6.45) is 1.58. The van der Waals surface area contributed by atoms with Gasteiger partial charge in [-0.15, -0.1) is 0 Å². The minimum absolute atomic E-state index is 0.253. The highest BCUT2D eigenvalue weighted by Crippen LogP contribution is 2.23. The van der Waals surface area contributed by atoms with Crippen LogP contribution in [0.4, 0.5) is 0 Å². The normalized spacial score (nSPS) is 11.3. The Morgan fingerprint density at radius 2 is 1.91 bits per heavy atom. The molecule has 1 N–H and O–H groups in total. The number of aryl methyl sites for hydroxylation is 1. The van der Waals surface area contributed by atoms with Crippen LogP contribution in [-0.2, 0) is 0 Å². The molecule has 3 aromatic rings. The summed E-state index contributed by atoms with van der Waals surface area (Å²) >= 11 is 0. The number of hydrogen-bond acceptors (Lipinski definition) is 3. The van der Waals surface area contributed by atoms with Gasteiger partial charge in [0.15, 0.2) is 0 Å². The van der Waals surface area contributed by atoms with Crippen molar-refractivity contribution in [3.8, 4) is 5.69 Å². The van der Waals surface area contributed by atoms with E-state index in [2.05, 4.69) is 23.8 Å². The zero-order chi connectivity index (χ0) is 15.9. The van der Waals surface area contributed by atoms with E-state index < -0.39 is 5.69 Å². The number of aromatic nitrogens is 3. The molecule has 0 aliphatic heterocycles. The van der Waals surface area contributed by atoms with Crippen LogP contribution in [0.25, 0.3) is 16.6 Å². The molecule has 5 nitrogen and oxygen atoms in total. The van der Waals surface area contributed by atoms with Crippen LogP contribution in [0.3, 0.4) is 0 Å². The fourth-order valence-electron chi connectivity index (χ4n) is 2.66. The number of para-hydroxylation sites is 1. The molecular weight excluding hydrogens is 278 g/mol. The molecule has 0 radical (unpaired) electrons. The van der Waals surface area contributed by atoms with Gasteiger partial charge < -0.3 is 0 Å². The lowest BCUT2D eigenvalue weighted by atomic mass is 10.0. The molecule has 5 heteroatoms. The van der Waals surface area contributed by atoms with E-state index in [1.165, 1.54) is 4.57 Å². The van der Waals surface area contributed by atoms with E-state index in [-0.39, 0.29) is 11.5 Å². The molecule has 2 heterocycles. The Morgan fingerprint density at radius 1 is 1.18 bits per heavy atom. The lowest BCUT2D eigenvalue weighted by Crippen LogP contribution is -2.30. The summed E-state index contributed by atoms with van der Waals surface area (Å²) in [6.45, 7) is 5.96. The molecule has 112 valence electrons. The Balaban J connectivity index is 2.47. The molecule has 0 atom stereocenters. The van der Waals surface area contributed by atoms with E-state index in [9.17, 15) is 9.59 Å². The van der Waals surface area contributed by atoms with Gasteiger partial charge in [0.25, 0.3) is 5.56 Å². The second kappa shape index (κ2) is 5.26. The topological polar surface area (TPSA) is 67.8 Å². The fraction of sp³-hybridized carbons (Fsp3) is 0.235. The molecule has 0 saturated carbocycles.